The molecule has 1 N–H and O–H groups in total. The number of carbonyl (C=O) groups excluding carboxylic acids is 1. The van der Waals surface area contributed by atoms with Crippen LogP contribution in [0, 0.1) is 0 Å². The Balaban J connectivity index is 2.00. The number of hydrogen-bond acceptors (Lipinski definition) is 5. The molecule has 22 heavy (non-hydrogen) atoms. The first-order valence-electron chi connectivity index (χ1n) is 7.06. The van der Waals surface area contributed by atoms with Gasteiger partial charge in [0.1, 0.15) is 4.88 Å². The molecule has 2 aromatic rings. The van der Waals surface area contributed by atoms with E-state index in [0.29, 0.717) is 35.5 Å². The Morgan fingerprint density at radius 2 is 2.18 bits per heavy atom. The number of hydrogen-bond donors (Lipinski definition) is 1. The largest absolute Gasteiger partial charge is 0.479 e. The van der Waals surface area contributed by atoms with Crippen molar-refractivity contribution < 1.29 is 14.7 Å². The number of carbonyl (C=O) groups is 2. The van der Waals surface area contributed by atoms with E-state index in [9.17, 15) is 14.7 Å². The second kappa shape index (κ2) is 5.84. The van der Waals surface area contributed by atoms with Gasteiger partial charge in [0.05, 0.1) is 5.69 Å². The third kappa shape index (κ3) is 2.37. The molecule has 7 heteroatoms. The van der Waals surface area contributed by atoms with E-state index in [2.05, 4.69) is 9.59 Å². The van der Waals surface area contributed by atoms with E-state index in [0.717, 1.165) is 17.1 Å². The molecule has 0 fully saturated rings. The van der Waals surface area contributed by atoms with Gasteiger partial charge in [-0.3, -0.25) is 4.79 Å². The molecule has 1 aliphatic rings. The normalized spacial score (nSPS) is 17.1. The Labute approximate surface area is 131 Å². The van der Waals surface area contributed by atoms with E-state index < -0.39 is 12.0 Å². The van der Waals surface area contributed by atoms with Crippen LogP contribution in [0.3, 0.4) is 0 Å². The molecule has 2 heterocycles. The SMILES string of the molecule is CCc1nnsc1C(=O)N1CCc2ccccc2C1C(=O)O. The first-order chi connectivity index (χ1) is 10.6. The molecule has 3 rings (SSSR count). The van der Waals surface area contributed by atoms with Crippen LogP contribution in [0.2, 0.25) is 0 Å². The third-order valence-electron chi connectivity index (χ3n) is 3.86. The first kappa shape index (κ1) is 14.6. The highest BCUT2D eigenvalue weighted by atomic mass is 32.1. The second-order valence-electron chi connectivity index (χ2n) is 5.09. The van der Waals surface area contributed by atoms with Gasteiger partial charge < -0.3 is 10.0 Å². The monoisotopic (exact) mass is 317 g/mol. The van der Waals surface area contributed by atoms with Crippen molar-refractivity contribution >= 4 is 23.4 Å². The van der Waals surface area contributed by atoms with Gasteiger partial charge in [-0.2, -0.15) is 0 Å². The Morgan fingerprint density at radius 3 is 2.91 bits per heavy atom. The number of carboxylic acids is 1. The van der Waals surface area contributed by atoms with Gasteiger partial charge in [0.2, 0.25) is 0 Å². The number of nitrogens with zero attached hydrogens (tertiary/aromatic N) is 3. The molecule has 6 nitrogen and oxygen atoms in total. The van der Waals surface area contributed by atoms with E-state index in [1.165, 1.54) is 4.90 Å². The number of aromatic nitrogens is 2. The van der Waals surface area contributed by atoms with Gasteiger partial charge in [0.15, 0.2) is 6.04 Å². The minimum absolute atomic E-state index is 0.297. The fraction of sp³-hybridized carbons (Fsp3) is 0.333. The molecule has 0 radical (unpaired) electrons. The molecule has 0 saturated carbocycles. The predicted octanol–water partition coefficient (Wildman–Crippen LogP) is 1.92. The van der Waals surface area contributed by atoms with Crippen LogP contribution in [0.4, 0.5) is 0 Å². The molecule has 0 spiro atoms. The average molecular weight is 317 g/mol. The van der Waals surface area contributed by atoms with Crippen LogP contribution in [-0.2, 0) is 17.6 Å². The molecule has 1 unspecified atom stereocenters. The van der Waals surface area contributed by atoms with E-state index in [1.54, 1.807) is 12.1 Å². The second-order valence-corrected chi connectivity index (χ2v) is 5.84. The van der Waals surface area contributed by atoms with Crippen molar-refractivity contribution in [2.45, 2.75) is 25.8 Å². The number of carboxylic acid groups (broad SMARTS) is 1. The number of aliphatic carboxylic acids is 1. The molecular formula is C15H15N3O3S. The molecule has 0 aliphatic carbocycles. The summed E-state index contributed by atoms with van der Waals surface area (Å²) >= 11 is 1.03. The molecule has 0 bridgehead atoms. The lowest BCUT2D eigenvalue weighted by Crippen LogP contribution is -2.43. The van der Waals surface area contributed by atoms with Gasteiger partial charge in [0, 0.05) is 6.54 Å². The van der Waals surface area contributed by atoms with Crippen molar-refractivity contribution in [1.29, 1.82) is 0 Å². The van der Waals surface area contributed by atoms with Gasteiger partial charge in [-0.15, -0.1) is 5.10 Å². The quantitative estimate of drug-likeness (QED) is 0.935. The Bertz CT molecular complexity index is 728. The van der Waals surface area contributed by atoms with Crippen molar-refractivity contribution in [3.05, 3.63) is 46.0 Å². The molecular weight excluding hydrogens is 302 g/mol. The number of amides is 1. The van der Waals surface area contributed by atoms with Crippen molar-refractivity contribution in [2.24, 2.45) is 0 Å². The first-order valence-corrected chi connectivity index (χ1v) is 7.83. The van der Waals surface area contributed by atoms with Gasteiger partial charge in [-0.25, -0.2) is 4.79 Å². The van der Waals surface area contributed by atoms with Crippen molar-refractivity contribution in [3.8, 4) is 0 Å². The molecule has 1 aliphatic heterocycles. The highest BCUT2D eigenvalue weighted by Crippen LogP contribution is 2.32. The smallest absolute Gasteiger partial charge is 0.331 e. The van der Waals surface area contributed by atoms with E-state index in [1.807, 2.05) is 19.1 Å². The minimum atomic E-state index is -1.02. The summed E-state index contributed by atoms with van der Waals surface area (Å²) in [7, 11) is 0. The predicted molar refractivity (Wildman–Crippen MR) is 80.8 cm³/mol. The Hall–Kier alpha value is -2.28. The maximum absolute atomic E-state index is 12.8. The standard InChI is InChI=1S/C15H15N3O3S/c1-2-11-13(22-17-16-11)14(19)18-8-7-9-5-3-4-6-10(9)12(18)15(20)21/h3-6,12H,2,7-8H2,1H3,(H,20,21). The van der Waals surface area contributed by atoms with Crippen LogP contribution in [0.25, 0.3) is 0 Å². The van der Waals surface area contributed by atoms with Crippen LogP contribution in [0.15, 0.2) is 24.3 Å². The number of aryl methyl sites for hydroxylation is 1. The zero-order chi connectivity index (χ0) is 15.7. The van der Waals surface area contributed by atoms with Gasteiger partial charge in [-0.05, 0) is 35.5 Å². The summed E-state index contributed by atoms with van der Waals surface area (Å²) in [4.78, 5) is 26.3. The van der Waals surface area contributed by atoms with E-state index in [-0.39, 0.29) is 5.91 Å². The maximum Gasteiger partial charge on any atom is 0.331 e. The Kier molecular flexibility index (Phi) is 3.89. The minimum Gasteiger partial charge on any atom is -0.479 e. The summed E-state index contributed by atoms with van der Waals surface area (Å²) in [5.41, 5.74) is 2.29. The van der Waals surface area contributed by atoms with Crippen LogP contribution < -0.4 is 0 Å². The van der Waals surface area contributed by atoms with Crippen LogP contribution in [-0.4, -0.2) is 38.0 Å². The van der Waals surface area contributed by atoms with Crippen molar-refractivity contribution in [2.75, 3.05) is 6.54 Å². The maximum atomic E-state index is 12.8. The highest BCUT2D eigenvalue weighted by molar-refractivity contribution is 7.08. The zero-order valence-electron chi connectivity index (χ0n) is 12.0. The molecule has 114 valence electrons. The molecule has 0 saturated heterocycles. The summed E-state index contributed by atoms with van der Waals surface area (Å²) < 4.78 is 3.82. The highest BCUT2D eigenvalue weighted by Gasteiger charge is 2.37. The number of rotatable bonds is 3. The molecule has 1 amide bonds. The number of fused-ring (bicyclic) bond motifs is 1. The fourth-order valence-electron chi connectivity index (χ4n) is 2.78. The summed E-state index contributed by atoms with van der Waals surface area (Å²) in [6.45, 7) is 2.28. The van der Waals surface area contributed by atoms with Gasteiger partial charge in [0.25, 0.3) is 5.91 Å². The van der Waals surface area contributed by atoms with Crippen LogP contribution in [0.1, 0.15) is 39.5 Å². The van der Waals surface area contributed by atoms with Crippen LogP contribution >= 0.6 is 11.5 Å². The Morgan fingerprint density at radius 1 is 1.41 bits per heavy atom. The molecule has 1 aromatic carbocycles. The summed E-state index contributed by atoms with van der Waals surface area (Å²) in [5, 5.41) is 13.5. The van der Waals surface area contributed by atoms with E-state index >= 15 is 0 Å². The fourth-order valence-corrected chi connectivity index (χ4v) is 3.49. The summed E-state index contributed by atoms with van der Waals surface area (Å²) in [6.07, 6.45) is 1.25. The van der Waals surface area contributed by atoms with Crippen molar-refractivity contribution in [3.63, 3.8) is 0 Å². The topological polar surface area (TPSA) is 83.4 Å². The van der Waals surface area contributed by atoms with Gasteiger partial charge in [-0.1, -0.05) is 35.7 Å². The van der Waals surface area contributed by atoms with Crippen LogP contribution in [0.5, 0.6) is 0 Å². The lowest BCUT2D eigenvalue weighted by molar-refractivity contribution is -0.143. The lowest BCUT2D eigenvalue weighted by atomic mass is 9.92. The third-order valence-corrected chi connectivity index (χ3v) is 4.62. The summed E-state index contributed by atoms with van der Waals surface area (Å²) in [6, 6.07) is 6.42. The zero-order valence-corrected chi connectivity index (χ0v) is 12.8. The van der Waals surface area contributed by atoms with E-state index in [4.69, 9.17) is 0 Å². The summed E-state index contributed by atoms with van der Waals surface area (Å²) in [5.74, 6) is -1.32. The average Bonchev–Trinajstić information content (AvgIpc) is 3.01. The molecule has 1 aromatic heterocycles. The van der Waals surface area contributed by atoms with Gasteiger partial charge >= 0.3 is 5.97 Å². The van der Waals surface area contributed by atoms with Crippen molar-refractivity contribution in [1.82, 2.24) is 14.5 Å². The number of benzene rings is 1. The lowest BCUT2D eigenvalue weighted by Gasteiger charge is -2.34. The molecule has 1 atom stereocenters.